The zero-order chi connectivity index (χ0) is 12.7. The van der Waals surface area contributed by atoms with Crippen LogP contribution in [0.15, 0.2) is 18.3 Å². The van der Waals surface area contributed by atoms with Crippen LogP contribution in [0.2, 0.25) is 0 Å². The van der Waals surface area contributed by atoms with Crippen LogP contribution in [0.3, 0.4) is 0 Å². The van der Waals surface area contributed by atoms with Crippen LogP contribution in [0.5, 0.6) is 0 Å². The summed E-state index contributed by atoms with van der Waals surface area (Å²) < 4.78 is 0. The Bertz CT molecular complexity index is 408. The molecule has 0 aliphatic carbocycles. The van der Waals surface area contributed by atoms with Crippen molar-refractivity contribution in [2.24, 2.45) is 0 Å². The van der Waals surface area contributed by atoms with Crippen molar-refractivity contribution in [3.05, 3.63) is 28.4 Å². The van der Waals surface area contributed by atoms with E-state index in [2.05, 4.69) is 15.6 Å². The first-order valence-electron chi connectivity index (χ1n) is 5.25. The summed E-state index contributed by atoms with van der Waals surface area (Å²) in [5.41, 5.74) is -0.0941. The molecule has 0 bridgehead atoms. The Morgan fingerprint density at radius 2 is 2.35 bits per heavy atom. The van der Waals surface area contributed by atoms with Crippen LogP contribution in [0, 0.1) is 10.1 Å². The predicted octanol–water partition coefficient (Wildman–Crippen LogP) is 0.928. The van der Waals surface area contributed by atoms with E-state index in [1.54, 1.807) is 0 Å². The molecule has 0 aliphatic heterocycles. The second kappa shape index (κ2) is 6.41. The highest BCUT2D eigenvalue weighted by molar-refractivity contribution is 5.76. The van der Waals surface area contributed by atoms with Crippen molar-refractivity contribution in [3.63, 3.8) is 0 Å². The number of carbonyl (C=O) groups is 1. The maximum Gasteiger partial charge on any atom is 0.311 e. The number of nitro groups is 1. The van der Waals surface area contributed by atoms with Gasteiger partial charge in [0, 0.05) is 31.8 Å². The SMILES string of the molecule is CCNC(=O)CCNc1ncccc1[N+](=O)[O-]. The number of nitrogens with one attached hydrogen (secondary N) is 2. The summed E-state index contributed by atoms with van der Waals surface area (Å²) in [5, 5.41) is 16.1. The van der Waals surface area contributed by atoms with Gasteiger partial charge in [0.15, 0.2) is 0 Å². The first-order chi connectivity index (χ1) is 8.15. The molecule has 92 valence electrons. The lowest BCUT2D eigenvalue weighted by Crippen LogP contribution is -2.24. The van der Waals surface area contributed by atoms with E-state index in [9.17, 15) is 14.9 Å². The number of amides is 1. The van der Waals surface area contributed by atoms with E-state index in [1.165, 1.54) is 18.3 Å². The molecule has 2 N–H and O–H groups in total. The van der Waals surface area contributed by atoms with Crippen molar-refractivity contribution in [2.75, 3.05) is 18.4 Å². The Morgan fingerprint density at radius 1 is 1.59 bits per heavy atom. The van der Waals surface area contributed by atoms with Crippen molar-refractivity contribution >= 4 is 17.4 Å². The molecule has 0 aliphatic rings. The molecular weight excluding hydrogens is 224 g/mol. The number of carbonyl (C=O) groups excluding carboxylic acids is 1. The van der Waals surface area contributed by atoms with Crippen LogP contribution >= 0.6 is 0 Å². The second-order valence-electron chi connectivity index (χ2n) is 3.26. The number of aromatic nitrogens is 1. The van der Waals surface area contributed by atoms with E-state index in [0.717, 1.165) is 0 Å². The van der Waals surface area contributed by atoms with Crippen LogP contribution < -0.4 is 10.6 Å². The Labute approximate surface area is 98.4 Å². The third-order valence-corrected chi connectivity index (χ3v) is 2.00. The fourth-order valence-corrected chi connectivity index (χ4v) is 1.26. The summed E-state index contributed by atoms with van der Waals surface area (Å²) in [6.45, 7) is 2.71. The summed E-state index contributed by atoms with van der Waals surface area (Å²) >= 11 is 0. The van der Waals surface area contributed by atoms with Crippen molar-refractivity contribution in [3.8, 4) is 0 Å². The molecule has 0 fully saturated rings. The minimum absolute atomic E-state index is 0.0941. The van der Waals surface area contributed by atoms with Crippen molar-refractivity contribution < 1.29 is 9.72 Å². The lowest BCUT2D eigenvalue weighted by Gasteiger charge is -2.05. The summed E-state index contributed by atoms with van der Waals surface area (Å²) in [4.78, 5) is 25.2. The van der Waals surface area contributed by atoms with Gasteiger partial charge in [0.2, 0.25) is 11.7 Å². The third kappa shape index (κ3) is 4.06. The van der Waals surface area contributed by atoms with Crippen molar-refractivity contribution in [1.82, 2.24) is 10.3 Å². The maximum absolute atomic E-state index is 11.1. The molecule has 0 spiro atoms. The smallest absolute Gasteiger partial charge is 0.311 e. The first-order valence-corrected chi connectivity index (χ1v) is 5.25. The highest BCUT2D eigenvalue weighted by atomic mass is 16.6. The molecule has 17 heavy (non-hydrogen) atoms. The number of rotatable bonds is 6. The molecule has 1 rings (SSSR count). The molecule has 0 aromatic carbocycles. The Balaban J connectivity index is 2.52. The van der Waals surface area contributed by atoms with Gasteiger partial charge < -0.3 is 10.6 Å². The molecule has 1 amide bonds. The van der Waals surface area contributed by atoms with E-state index < -0.39 is 4.92 Å². The minimum atomic E-state index is -0.512. The summed E-state index contributed by atoms with van der Waals surface area (Å²) in [6, 6.07) is 2.86. The molecule has 1 aromatic heterocycles. The summed E-state index contributed by atoms with van der Waals surface area (Å²) in [6.07, 6.45) is 1.71. The summed E-state index contributed by atoms with van der Waals surface area (Å²) in [7, 11) is 0. The van der Waals surface area contributed by atoms with E-state index >= 15 is 0 Å². The Morgan fingerprint density at radius 3 is 3.00 bits per heavy atom. The molecule has 0 unspecified atom stereocenters. The van der Waals surface area contributed by atoms with Gasteiger partial charge in [-0.25, -0.2) is 4.98 Å². The molecule has 0 radical (unpaired) electrons. The van der Waals surface area contributed by atoms with Crippen LogP contribution in [-0.2, 0) is 4.79 Å². The standard InChI is InChI=1S/C10H14N4O3/c1-2-11-9(15)5-7-13-10-8(14(16)17)4-3-6-12-10/h3-4,6H,2,5,7H2,1H3,(H,11,15)(H,12,13). The monoisotopic (exact) mass is 238 g/mol. The second-order valence-corrected chi connectivity index (χ2v) is 3.26. The quantitative estimate of drug-likeness (QED) is 0.567. The van der Waals surface area contributed by atoms with Crippen LogP contribution in [-0.4, -0.2) is 28.9 Å². The predicted molar refractivity (Wildman–Crippen MR) is 62.7 cm³/mol. The number of hydrogen-bond donors (Lipinski definition) is 2. The van der Waals surface area contributed by atoms with E-state index in [0.29, 0.717) is 13.1 Å². The van der Waals surface area contributed by atoms with Gasteiger partial charge in [0.1, 0.15) is 0 Å². The van der Waals surface area contributed by atoms with E-state index in [4.69, 9.17) is 0 Å². The molecule has 0 saturated heterocycles. The molecule has 1 aromatic rings. The van der Waals surface area contributed by atoms with E-state index in [-0.39, 0.29) is 23.8 Å². The lowest BCUT2D eigenvalue weighted by atomic mass is 10.3. The normalized spacial score (nSPS) is 9.71. The molecule has 7 heteroatoms. The average molecular weight is 238 g/mol. The maximum atomic E-state index is 11.1. The fraction of sp³-hybridized carbons (Fsp3) is 0.400. The largest absolute Gasteiger partial charge is 0.364 e. The fourth-order valence-electron chi connectivity index (χ4n) is 1.26. The van der Waals surface area contributed by atoms with Crippen LogP contribution in [0.1, 0.15) is 13.3 Å². The zero-order valence-electron chi connectivity index (χ0n) is 9.47. The minimum Gasteiger partial charge on any atom is -0.364 e. The molecule has 1 heterocycles. The van der Waals surface area contributed by atoms with Gasteiger partial charge in [-0.1, -0.05) is 0 Å². The first kappa shape index (κ1) is 12.9. The number of pyridine rings is 1. The van der Waals surface area contributed by atoms with Gasteiger partial charge in [-0.05, 0) is 13.0 Å². The Kier molecular flexibility index (Phi) is 4.86. The molecular formula is C10H14N4O3. The van der Waals surface area contributed by atoms with Gasteiger partial charge >= 0.3 is 5.69 Å². The highest BCUT2D eigenvalue weighted by Crippen LogP contribution is 2.19. The van der Waals surface area contributed by atoms with Gasteiger partial charge in [0.25, 0.3) is 0 Å². The number of hydrogen-bond acceptors (Lipinski definition) is 5. The van der Waals surface area contributed by atoms with Crippen LogP contribution in [0.4, 0.5) is 11.5 Å². The van der Waals surface area contributed by atoms with Gasteiger partial charge in [-0.2, -0.15) is 0 Å². The Hall–Kier alpha value is -2.18. The topological polar surface area (TPSA) is 97.2 Å². The lowest BCUT2D eigenvalue weighted by molar-refractivity contribution is -0.384. The number of anilines is 1. The van der Waals surface area contributed by atoms with Crippen LogP contribution in [0.25, 0.3) is 0 Å². The van der Waals surface area contributed by atoms with Gasteiger partial charge in [-0.3, -0.25) is 14.9 Å². The average Bonchev–Trinajstić information content (AvgIpc) is 2.30. The molecule has 7 nitrogen and oxygen atoms in total. The summed E-state index contributed by atoms with van der Waals surface area (Å²) in [5.74, 6) is 0.0837. The van der Waals surface area contributed by atoms with Crippen molar-refractivity contribution in [2.45, 2.75) is 13.3 Å². The molecule has 0 atom stereocenters. The third-order valence-electron chi connectivity index (χ3n) is 2.00. The van der Waals surface area contributed by atoms with E-state index in [1.807, 2.05) is 6.92 Å². The molecule has 0 saturated carbocycles. The highest BCUT2D eigenvalue weighted by Gasteiger charge is 2.13. The van der Waals surface area contributed by atoms with Gasteiger partial charge in [-0.15, -0.1) is 0 Å². The van der Waals surface area contributed by atoms with Gasteiger partial charge in [0.05, 0.1) is 4.92 Å². The zero-order valence-corrected chi connectivity index (χ0v) is 9.47. The number of nitrogens with zero attached hydrogens (tertiary/aromatic N) is 2. The van der Waals surface area contributed by atoms with Crippen molar-refractivity contribution in [1.29, 1.82) is 0 Å².